The molecule has 1 saturated carbocycles. The lowest BCUT2D eigenvalue weighted by atomic mass is 10.1. The third kappa shape index (κ3) is 3.43. The number of rotatable bonds is 6. The lowest BCUT2D eigenvalue weighted by Crippen LogP contribution is -2.30. The Morgan fingerprint density at radius 2 is 2.26 bits per heavy atom. The summed E-state index contributed by atoms with van der Waals surface area (Å²) >= 11 is 0. The molecule has 1 aromatic rings. The molecule has 0 N–H and O–H groups in total. The average molecular weight is 263 g/mol. The molecule has 2 rings (SSSR count). The lowest BCUT2D eigenvalue weighted by molar-refractivity contribution is 0.0600. The van der Waals surface area contributed by atoms with E-state index in [1.807, 2.05) is 0 Å². The van der Waals surface area contributed by atoms with E-state index < -0.39 is 0 Å². The molecule has 5 nitrogen and oxygen atoms in total. The van der Waals surface area contributed by atoms with Gasteiger partial charge in [0.15, 0.2) is 0 Å². The van der Waals surface area contributed by atoms with Crippen molar-refractivity contribution in [1.29, 1.82) is 0 Å². The lowest BCUT2D eigenvalue weighted by Gasteiger charge is -2.25. The Bertz CT molecular complexity index is 444. The Balaban J connectivity index is 2.23. The maximum absolute atomic E-state index is 11.8. The molecule has 0 unspecified atom stereocenters. The number of hydrogen-bond acceptors (Lipinski definition) is 5. The number of methoxy groups -OCH3 is 1. The summed E-state index contributed by atoms with van der Waals surface area (Å²) in [5, 5.41) is 0. The van der Waals surface area contributed by atoms with E-state index in [0.29, 0.717) is 23.3 Å². The number of anilines is 1. The summed E-state index contributed by atoms with van der Waals surface area (Å²) in [6.45, 7) is 5.32. The van der Waals surface area contributed by atoms with E-state index in [2.05, 4.69) is 28.7 Å². The summed E-state index contributed by atoms with van der Waals surface area (Å²) in [7, 11) is 1.38. The van der Waals surface area contributed by atoms with Crippen molar-refractivity contribution in [2.75, 3.05) is 18.6 Å². The molecule has 1 aliphatic rings. The molecule has 0 bridgehead atoms. The molecule has 0 aromatic carbocycles. The van der Waals surface area contributed by atoms with Crippen molar-refractivity contribution in [3.8, 4) is 0 Å². The zero-order valence-corrected chi connectivity index (χ0v) is 11.8. The van der Waals surface area contributed by atoms with Crippen molar-refractivity contribution >= 4 is 11.8 Å². The minimum absolute atomic E-state index is 0.370. The van der Waals surface area contributed by atoms with Crippen molar-refractivity contribution in [3.05, 3.63) is 18.1 Å². The van der Waals surface area contributed by atoms with Gasteiger partial charge >= 0.3 is 5.97 Å². The van der Waals surface area contributed by atoms with Gasteiger partial charge in [0.25, 0.3) is 0 Å². The number of aromatic nitrogens is 2. The second-order valence-electron chi connectivity index (χ2n) is 5.36. The van der Waals surface area contributed by atoms with Crippen LogP contribution in [0.15, 0.2) is 12.5 Å². The second kappa shape index (κ2) is 5.99. The van der Waals surface area contributed by atoms with Gasteiger partial charge in [0.2, 0.25) is 0 Å². The number of carbonyl (C=O) groups excluding carboxylic acids is 1. The number of hydrogen-bond donors (Lipinski definition) is 0. The fourth-order valence-electron chi connectivity index (χ4n) is 2.05. The highest BCUT2D eigenvalue weighted by atomic mass is 16.5. The van der Waals surface area contributed by atoms with Crippen LogP contribution in [0.1, 0.15) is 43.5 Å². The normalized spacial score (nSPS) is 14.5. The van der Waals surface area contributed by atoms with E-state index in [-0.39, 0.29) is 5.97 Å². The number of nitrogens with zero attached hydrogens (tertiary/aromatic N) is 3. The van der Waals surface area contributed by atoms with Gasteiger partial charge in [-0.05, 0) is 25.2 Å². The monoisotopic (exact) mass is 263 g/mol. The van der Waals surface area contributed by atoms with Gasteiger partial charge in [-0.2, -0.15) is 0 Å². The van der Waals surface area contributed by atoms with Gasteiger partial charge in [0.05, 0.1) is 7.11 Å². The first-order valence-corrected chi connectivity index (χ1v) is 6.78. The van der Waals surface area contributed by atoms with E-state index in [9.17, 15) is 4.79 Å². The van der Waals surface area contributed by atoms with Crippen LogP contribution in [0.4, 0.5) is 5.82 Å². The van der Waals surface area contributed by atoms with Crippen molar-refractivity contribution in [3.63, 3.8) is 0 Å². The van der Waals surface area contributed by atoms with Crippen LogP contribution in [0.5, 0.6) is 0 Å². The molecule has 0 amide bonds. The molecule has 0 saturated heterocycles. The summed E-state index contributed by atoms with van der Waals surface area (Å²) in [6, 6.07) is 0.511. The van der Waals surface area contributed by atoms with Crippen LogP contribution in [0.3, 0.4) is 0 Å². The van der Waals surface area contributed by atoms with Crippen molar-refractivity contribution < 1.29 is 9.53 Å². The van der Waals surface area contributed by atoms with Crippen LogP contribution in [0, 0.1) is 5.92 Å². The van der Waals surface area contributed by atoms with Crippen LogP contribution in [0.2, 0.25) is 0 Å². The van der Waals surface area contributed by atoms with E-state index in [1.54, 1.807) is 6.20 Å². The third-order valence-electron chi connectivity index (χ3n) is 3.30. The summed E-state index contributed by atoms with van der Waals surface area (Å²) in [6.07, 6.45) is 6.46. The first kappa shape index (κ1) is 13.8. The molecular formula is C14H21N3O2. The zero-order valence-electron chi connectivity index (χ0n) is 11.8. The van der Waals surface area contributed by atoms with Gasteiger partial charge < -0.3 is 9.64 Å². The fourth-order valence-corrected chi connectivity index (χ4v) is 2.05. The van der Waals surface area contributed by atoms with Gasteiger partial charge in [-0.25, -0.2) is 14.8 Å². The minimum atomic E-state index is -0.370. The molecule has 1 fully saturated rings. The predicted molar refractivity (Wildman–Crippen MR) is 73.2 cm³/mol. The van der Waals surface area contributed by atoms with Gasteiger partial charge in [0.1, 0.15) is 17.7 Å². The van der Waals surface area contributed by atoms with Crippen molar-refractivity contribution in [1.82, 2.24) is 9.97 Å². The van der Waals surface area contributed by atoms with Crippen LogP contribution in [0.25, 0.3) is 0 Å². The first-order valence-electron chi connectivity index (χ1n) is 6.78. The van der Waals surface area contributed by atoms with Crippen LogP contribution in [-0.2, 0) is 4.74 Å². The van der Waals surface area contributed by atoms with E-state index in [4.69, 9.17) is 4.74 Å². The number of esters is 1. The van der Waals surface area contributed by atoms with Gasteiger partial charge in [-0.3, -0.25) is 0 Å². The van der Waals surface area contributed by atoms with Crippen LogP contribution in [-0.4, -0.2) is 35.6 Å². The first-order chi connectivity index (χ1) is 9.13. The predicted octanol–water partition coefficient (Wildman–Crippen LogP) is 2.28. The Kier molecular flexibility index (Phi) is 4.35. The molecule has 0 aliphatic heterocycles. The number of ether oxygens (including phenoxy) is 1. The maximum Gasteiger partial charge on any atom is 0.343 e. The Hall–Kier alpha value is -1.65. The molecule has 19 heavy (non-hydrogen) atoms. The third-order valence-corrected chi connectivity index (χ3v) is 3.30. The van der Waals surface area contributed by atoms with Crippen molar-refractivity contribution in [2.45, 2.75) is 39.2 Å². The second-order valence-corrected chi connectivity index (χ2v) is 5.36. The Morgan fingerprint density at radius 3 is 2.84 bits per heavy atom. The van der Waals surface area contributed by atoms with E-state index in [1.165, 1.54) is 26.3 Å². The van der Waals surface area contributed by atoms with Crippen LogP contribution < -0.4 is 4.90 Å². The molecule has 1 aliphatic carbocycles. The molecule has 0 radical (unpaired) electrons. The maximum atomic E-state index is 11.8. The standard InChI is InChI=1S/C14H21N3O2/c1-10(2)6-7-17(11-4-5-11)13-12(14(18)19-3)8-15-9-16-13/h8-11H,4-7H2,1-3H3. The summed E-state index contributed by atoms with van der Waals surface area (Å²) in [5.74, 6) is 0.973. The van der Waals surface area contributed by atoms with Gasteiger partial charge in [-0.1, -0.05) is 13.8 Å². The minimum Gasteiger partial charge on any atom is -0.465 e. The van der Waals surface area contributed by atoms with Crippen molar-refractivity contribution in [2.24, 2.45) is 5.92 Å². The van der Waals surface area contributed by atoms with E-state index in [0.717, 1.165) is 13.0 Å². The molecule has 104 valence electrons. The molecular weight excluding hydrogens is 242 g/mol. The Morgan fingerprint density at radius 1 is 1.53 bits per heavy atom. The highest BCUT2D eigenvalue weighted by molar-refractivity contribution is 5.94. The fraction of sp³-hybridized carbons (Fsp3) is 0.643. The molecule has 1 heterocycles. The quantitative estimate of drug-likeness (QED) is 0.737. The summed E-state index contributed by atoms with van der Waals surface area (Å²) in [4.78, 5) is 22.3. The molecule has 0 atom stereocenters. The largest absolute Gasteiger partial charge is 0.465 e. The van der Waals surface area contributed by atoms with Gasteiger partial charge in [0, 0.05) is 18.8 Å². The molecule has 0 spiro atoms. The summed E-state index contributed by atoms with van der Waals surface area (Å²) < 4.78 is 4.81. The van der Waals surface area contributed by atoms with Gasteiger partial charge in [-0.15, -0.1) is 0 Å². The summed E-state index contributed by atoms with van der Waals surface area (Å²) in [5.41, 5.74) is 0.459. The molecule has 5 heteroatoms. The van der Waals surface area contributed by atoms with Crippen LogP contribution >= 0.6 is 0 Å². The topological polar surface area (TPSA) is 55.3 Å². The Labute approximate surface area is 114 Å². The molecule has 1 aromatic heterocycles. The average Bonchev–Trinajstić information content (AvgIpc) is 3.23. The smallest absolute Gasteiger partial charge is 0.343 e. The zero-order chi connectivity index (χ0) is 13.8. The number of carbonyl (C=O) groups is 1. The highest BCUT2D eigenvalue weighted by Gasteiger charge is 2.32. The van der Waals surface area contributed by atoms with E-state index >= 15 is 0 Å². The highest BCUT2D eigenvalue weighted by Crippen LogP contribution is 2.32. The SMILES string of the molecule is COC(=O)c1cncnc1N(CCC(C)C)C1CC1.